The Hall–Kier alpha value is -0.550. The van der Waals surface area contributed by atoms with Crippen molar-refractivity contribution in [3.63, 3.8) is 0 Å². The summed E-state index contributed by atoms with van der Waals surface area (Å²) in [5, 5.41) is 9.22. The first-order valence-corrected chi connectivity index (χ1v) is 6.94. The van der Waals surface area contributed by atoms with E-state index in [1.54, 1.807) is 0 Å². The number of thiophene rings is 1. The molecule has 2 aromatic rings. The van der Waals surface area contributed by atoms with Crippen LogP contribution in [0.5, 0.6) is 5.75 Å². The van der Waals surface area contributed by atoms with E-state index in [0.717, 1.165) is 19.2 Å². The first-order chi connectivity index (χ1) is 8.20. The van der Waals surface area contributed by atoms with E-state index in [9.17, 15) is 5.11 Å². The third-order valence-corrected chi connectivity index (χ3v) is 4.04. The zero-order chi connectivity index (χ0) is 12.3. The van der Waals surface area contributed by atoms with Crippen molar-refractivity contribution in [2.75, 3.05) is 0 Å². The second-order valence-corrected chi connectivity index (χ2v) is 6.03. The molecule has 0 bridgehead atoms. The third-order valence-electron chi connectivity index (χ3n) is 2.21. The molecule has 0 aliphatic rings. The van der Waals surface area contributed by atoms with Gasteiger partial charge in [0.15, 0.2) is 0 Å². The molecule has 0 fully saturated rings. The van der Waals surface area contributed by atoms with Crippen LogP contribution in [0.2, 0.25) is 4.34 Å². The molecule has 0 aliphatic heterocycles. The molecule has 1 heterocycles. The van der Waals surface area contributed by atoms with E-state index in [-0.39, 0.29) is 6.61 Å². The van der Waals surface area contributed by atoms with Gasteiger partial charge in [0.1, 0.15) is 12.4 Å². The summed E-state index contributed by atoms with van der Waals surface area (Å²) in [7, 11) is 0. The average molecular weight is 334 g/mol. The van der Waals surface area contributed by atoms with E-state index in [4.69, 9.17) is 16.3 Å². The van der Waals surface area contributed by atoms with Crippen molar-refractivity contribution in [2.45, 2.75) is 13.2 Å². The lowest BCUT2D eigenvalue weighted by molar-refractivity contribution is 0.259. The van der Waals surface area contributed by atoms with Crippen molar-refractivity contribution in [3.05, 3.63) is 49.6 Å². The Labute approximate surface area is 117 Å². The van der Waals surface area contributed by atoms with E-state index >= 15 is 0 Å². The van der Waals surface area contributed by atoms with Crippen LogP contribution in [-0.4, -0.2) is 5.11 Å². The summed E-state index contributed by atoms with van der Waals surface area (Å²) >= 11 is 10.7. The molecule has 0 radical (unpaired) electrons. The van der Waals surface area contributed by atoms with E-state index in [1.807, 2.05) is 30.3 Å². The molecule has 0 saturated heterocycles. The zero-order valence-corrected chi connectivity index (χ0v) is 12.0. The number of benzene rings is 1. The molecule has 2 rings (SSSR count). The molecule has 0 unspecified atom stereocenters. The summed E-state index contributed by atoms with van der Waals surface area (Å²) in [5.74, 6) is 0.680. The molecule has 0 spiro atoms. The van der Waals surface area contributed by atoms with Crippen molar-refractivity contribution in [2.24, 2.45) is 0 Å². The first-order valence-electron chi connectivity index (χ1n) is 4.96. The van der Waals surface area contributed by atoms with Crippen molar-refractivity contribution in [1.29, 1.82) is 0 Å². The fourth-order valence-corrected chi connectivity index (χ4v) is 2.93. The van der Waals surface area contributed by atoms with E-state index in [0.29, 0.717) is 12.4 Å². The lowest BCUT2D eigenvalue weighted by atomic mass is 10.2. The lowest BCUT2D eigenvalue weighted by Gasteiger charge is -2.10. The smallest absolute Gasteiger partial charge is 0.139 e. The van der Waals surface area contributed by atoms with Crippen molar-refractivity contribution in [1.82, 2.24) is 0 Å². The number of aliphatic hydroxyl groups is 1. The Morgan fingerprint density at radius 2 is 2.12 bits per heavy atom. The highest BCUT2D eigenvalue weighted by atomic mass is 79.9. The van der Waals surface area contributed by atoms with Crippen LogP contribution >= 0.6 is 38.9 Å². The molecular formula is C12H10BrClO2S. The Kier molecular flexibility index (Phi) is 4.45. The highest BCUT2D eigenvalue weighted by molar-refractivity contribution is 9.10. The minimum absolute atomic E-state index is 0.0417. The van der Waals surface area contributed by atoms with Gasteiger partial charge in [-0.15, -0.1) is 11.3 Å². The number of hydrogen-bond acceptors (Lipinski definition) is 3. The molecule has 0 atom stereocenters. The number of hydrogen-bond donors (Lipinski definition) is 1. The van der Waals surface area contributed by atoms with Gasteiger partial charge in [-0.1, -0.05) is 23.7 Å². The SMILES string of the molecule is OCc1cccc(Br)c1OCc1ccc(Cl)s1. The van der Waals surface area contributed by atoms with Crippen LogP contribution in [0.25, 0.3) is 0 Å². The predicted molar refractivity (Wildman–Crippen MR) is 73.7 cm³/mol. The molecule has 1 aromatic heterocycles. The second kappa shape index (κ2) is 5.87. The fourth-order valence-electron chi connectivity index (χ4n) is 1.41. The lowest BCUT2D eigenvalue weighted by Crippen LogP contribution is -1.98. The van der Waals surface area contributed by atoms with Gasteiger partial charge in [-0.25, -0.2) is 0 Å². The summed E-state index contributed by atoms with van der Waals surface area (Å²) in [6, 6.07) is 9.36. The van der Waals surface area contributed by atoms with Gasteiger partial charge in [-0.3, -0.25) is 0 Å². The first kappa shape index (κ1) is 12.9. The fraction of sp³-hybridized carbons (Fsp3) is 0.167. The molecule has 1 aromatic carbocycles. The van der Waals surface area contributed by atoms with Crippen LogP contribution in [-0.2, 0) is 13.2 Å². The van der Waals surface area contributed by atoms with Gasteiger partial charge in [0.05, 0.1) is 15.4 Å². The molecule has 0 saturated carbocycles. The summed E-state index contributed by atoms with van der Waals surface area (Å²) in [6.07, 6.45) is 0. The van der Waals surface area contributed by atoms with E-state index in [2.05, 4.69) is 15.9 Å². The van der Waals surface area contributed by atoms with Gasteiger partial charge in [0, 0.05) is 10.4 Å². The van der Waals surface area contributed by atoms with Gasteiger partial charge in [-0.2, -0.15) is 0 Å². The highest BCUT2D eigenvalue weighted by Gasteiger charge is 2.08. The molecule has 5 heteroatoms. The summed E-state index contributed by atoms with van der Waals surface area (Å²) in [5.41, 5.74) is 0.766. The monoisotopic (exact) mass is 332 g/mol. The molecule has 2 nitrogen and oxygen atoms in total. The zero-order valence-electron chi connectivity index (χ0n) is 8.82. The van der Waals surface area contributed by atoms with Gasteiger partial charge in [-0.05, 0) is 34.1 Å². The number of halogens is 2. The minimum atomic E-state index is -0.0417. The van der Waals surface area contributed by atoms with E-state index in [1.165, 1.54) is 11.3 Å². The molecule has 0 aliphatic carbocycles. The van der Waals surface area contributed by atoms with E-state index < -0.39 is 0 Å². The molecule has 0 amide bonds. The van der Waals surface area contributed by atoms with Crippen molar-refractivity contribution in [3.8, 4) is 5.75 Å². The third kappa shape index (κ3) is 3.22. The Bertz CT molecular complexity index is 513. The van der Waals surface area contributed by atoms with Gasteiger partial charge < -0.3 is 9.84 Å². The van der Waals surface area contributed by atoms with Crippen LogP contribution < -0.4 is 4.74 Å². The maximum Gasteiger partial charge on any atom is 0.139 e. The van der Waals surface area contributed by atoms with Gasteiger partial charge in [0.25, 0.3) is 0 Å². The Morgan fingerprint density at radius 1 is 1.29 bits per heavy atom. The normalized spacial score (nSPS) is 10.5. The molecule has 1 N–H and O–H groups in total. The molecule has 17 heavy (non-hydrogen) atoms. The Balaban J connectivity index is 2.13. The minimum Gasteiger partial charge on any atom is -0.487 e. The molecule has 90 valence electrons. The number of ether oxygens (including phenoxy) is 1. The summed E-state index contributed by atoms with van der Waals surface area (Å²) < 4.78 is 7.29. The van der Waals surface area contributed by atoms with Crippen LogP contribution in [0.3, 0.4) is 0 Å². The largest absolute Gasteiger partial charge is 0.487 e. The van der Waals surface area contributed by atoms with Gasteiger partial charge in [0.2, 0.25) is 0 Å². The molecular weight excluding hydrogens is 324 g/mol. The summed E-state index contributed by atoms with van der Waals surface area (Å²) in [6.45, 7) is 0.410. The van der Waals surface area contributed by atoms with Crippen molar-refractivity contribution >= 4 is 38.9 Å². The highest BCUT2D eigenvalue weighted by Crippen LogP contribution is 2.31. The standard InChI is InChI=1S/C12H10BrClO2S/c13-10-3-1-2-8(6-15)12(10)16-7-9-4-5-11(14)17-9/h1-5,15H,6-7H2. The summed E-state index contributed by atoms with van der Waals surface area (Å²) in [4.78, 5) is 1.05. The maximum absolute atomic E-state index is 9.22. The van der Waals surface area contributed by atoms with Crippen LogP contribution in [0.15, 0.2) is 34.8 Å². The number of aliphatic hydroxyl groups excluding tert-OH is 1. The maximum atomic E-state index is 9.22. The topological polar surface area (TPSA) is 29.5 Å². The Morgan fingerprint density at radius 3 is 2.76 bits per heavy atom. The van der Waals surface area contributed by atoms with Crippen LogP contribution in [0, 0.1) is 0 Å². The van der Waals surface area contributed by atoms with Crippen LogP contribution in [0.1, 0.15) is 10.4 Å². The predicted octanol–water partition coefficient (Wildman–Crippen LogP) is 4.24. The average Bonchev–Trinajstić information content (AvgIpc) is 2.73. The second-order valence-electron chi connectivity index (χ2n) is 3.38. The van der Waals surface area contributed by atoms with Crippen molar-refractivity contribution < 1.29 is 9.84 Å². The van der Waals surface area contributed by atoms with Crippen LogP contribution in [0.4, 0.5) is 0 Å². The number of para-hydroxylation sites is 1. The number of rotatable bonds is 4. The van der Waals surface area contributed by atoms with Gasteiger partial charge >= 0.3 is 0 Å². The quantitative estimate of drug-likeness (QED) is 0.907.